The van der Waals surface area contributed by atoms with E-state index in [-0.39, 0.29) is 6.04 Å². The Morgan fingerprint density at radius 3 is 2.80 bits per heavy atom. The van der Waals surface area contributed by atoms with Gasteiger partial charge in [0, 0.05) is 20.0 Å². The molecule has 1 unspecified atom stereocenters. The highest BCUT2D eigenvalue weighted by Crippen LogP contribution is 2.35. The van der Waals surface area contributed by atoms with Gasteiger partial charge < -0.3 is 0 Å². The van der Waals surface area contributed by atoms with Crippen LogP contribution in [-0.2, 0) is 18.6 Å². The van der Waals surface area contributed by atoms with Crippen molar-refractivity contribution in [2.75, 3.05) is 5.75 Å². The van der Waals surface area contributed by atoms with E-state index >= 15 is 0 Å². The van der Waals surface area contributed by atoms with Crippen LogP contribution in [0.25, 0.3) is 0 Å². The monoisotopic (exact) mass is 368 g/mol. The summed E-state index contributed by atoms with van der Waals surface area (Å²) in [6.45, 7) is 0. The number of fused-ring (bicyclic) bond motifs is 1. The maximum atomic E-state index is 5.78. The Labute approximate surface area is 136 Å². The van der Waals surface area contributed by atoms with Crippen molar-refractivity contribution in [3.05, 3.63) is 55.7 Å². The van der Waals surface area contributed by atoms with Crippen LogP contribution in [-0.4, -0.2) is 5.75 Å². The van der Waals surface area contributed by atoms with Crippen LogP contribution in [0.5, 0.6) is 0 Å². The quantitative estimate of drug-likeness (QED) is 0.631. The van der Waals surface area contributed by atoms with Crippen molar-refractivity contribution in [3.63, 3.8) is 0 Å². The number of nitrogens with two attached hydrogens (primary N) is 1. The first-order chi connectivity index (χ1) is 9.76. The van der Waals surface area contributed by atoms with Gasteiger partial charge in [0.1, 0.15) is 0 Å². The van der Waals surface area contributed by atoms with Gasteiger partial charge >= 0.3 is 0 Å². The summed E-state index contributed by atoms with van der Waals surface area (Å²) in [5.74, 6) is 8.19. The number of hydrogen-bond acceptors (Lipinski definition) is 4. The molecule has 0 saturated heterocycles. The van der Waals surface area contributed by atoms with E-state index in [9.17, 15) is 0 Å². The van der Waals surface area contributed by atoms with E-state index < -0.39 is 0 Å². The first-order valence-electron chi connectivity index (χ1n) is 6.66. The minimum absolute atomic E-state index is 0.205. The van der Waals surface area contributed by atoms with E-state index in [1.54, 1.807) is 4.88 Å². The molecule has 0 spiro atoms. The van der Waals surface area contributed by atoms with Gasteiger partial charge in [0.05, 0.1) is 6.04 Å². The van der Waals surface area contributed by atoms with E-state index in [0.717, 1.165) is 16.6 Å². The Bertz CT molecular complexity index is 557. The molecule has 0 radical (unpaired) electrons. The summed E-state index contributed by atoms with van der Waals surface area (Å²) < 4.78 is 1.11. The number of thiophene rings is 1. The van der Waals surface area contributed by atoms with Crippen LogP contribution in [0.2, 0.25) is 0 Å². The van der Waals surface area contributed by atoms with Gasteiger partial charge in [-0.2, -0.15) is 11.8 Å². The van der Waals surface area contributed by atoms with Gasteiger partial charge in [-0.3, -0.25) is 11.3 Å². The molecule has 2 nitrogen and oxygen atoms in total. The number of aryl methyl sites for hydroxylation is 1. The van der Waals surface area contributed by atoms with Gasteiger partial charge in [-0.15, -0.1) is 11.3 Å². The Morgan fingerprint density at radius 2 is 2.10 bits per heavy atom. The summed E-state index contributed by atoms with van der Waals surface area (Å²) in [5.41, 5.74) is 5.80. The van der Waals surface area contributed by atoms with E-state index in [4.69, 9.17) is 5.84 Å². The molecular formula is C15H17BrN2S2. The SMILES string of the molecule is NNC(Cc1ccc(Br)cc1)c1cc2c(s1)CCSC2. The van der Waals surface area contributed by atoms with Crippen molar-refractivity contribution in [2.24, 2.45) is 5.84 Å². The lowest BCUT2D eigenvalue weighted by Gasteiger charge is -2.14. The lowest BCUT2D eigenvalue weighted by atomic mass is 10.0. The highest BCUT2D eigenvalue weighted by atomic mass is 79.9. The maximum absolute atomic E-state index is 5.78. The molecule has 5 heteroatoms. The standard InChI is InChI=1S/C15H17BrN2S2/c16-12-3-1-10(2-4-12)7-13(18-17)15-8-11-9-19-6-5-14(11)20-15/h1-4,8,13,18H,5-7,9,17H2. The van der Waals surface area contributed by atoms with Crippen LogP contribution in [0.4, 0.5) is 0 Å². The summed E-state index contributed by atoms with van der Waals surface area (Å²) in [6, 6.07) is 11.0. The Kier molecular flexibility index (Phi) is 4.83. The number of benzene rings is 1. The van der Waals surface area contributed by atoms with Crippen LogP contribution in [0.1, 0.15) is 26.9 Å². The van der Waals surface area contributed by atoms with Crippen molar-refractivity contribution in [2.45, 2.75) is 24.6 Å². The topological polar surface area (TPSA) is 38.0 Å². The molecule has 2 aromatic rings. The van der Waals surface area contributed by atoms with Gasteiger partial charge in [-0.25, -0.2) is 0 Å². The molecule has 1 aromatic carbocycles. The smallest absolute Gasteiger partial charge is 0.0593 e. The normalized spacial score (nSPS) is 15.9. The number of nitrogens with one attached hydrogen (secondary N) is 1. The van der Waals surface area contributed by atoms with Gasteiger partial charge in [-0.1, -0.05) is 28.1 Å². The second-order valence-electron chi connectivity index (χ2n) is 4.95. The van der Waals surface area contributed by atoms with E-state index in [2.05, 4.69) is 51.7 Å². The minimum atomic E-state index is 0.205. The van der Waals surface area contributed by atoms with Crippen molar-refractivity contribution in [3.8, 4) is 0 Å². The van der Waals surface area contributed by atoms with Crippen molar-refractivity contribution in [1.82, 2.24) is 5.43 Å². The highest BCUT2D eigenvalue weighted by Gasteiger charge is 2.19. The molecule has 3 N–H and O–H groups in total. The molecule has 0 bridgehead atoms. The molecular weight excluding hydrogens is 352 g/mol. The van der Waals surface area contributed by atoms with E-state index in [1.807, 2.05) is 23.1 Å². The van der Waals surface area contributed by atoms with Crippen molar-refractivity contribution >= 4 is 39.0 Å². The Morgan fingerprint density at radius 1 is 1.30 bits per heavy atom. The van der Waals surface area contributed by atoms with E-state index in [1.165, 1.54) is 28.2 Å². The lowest BCUT2D eigenvalue weighted by Crippen LogP contribution is -2.28. The molecule has 1 atom stereocenters. The molecule has 1 aromatic heterocycles. The zero-order chi connectivity index (χ0) is 13.9. The fourth-order valence-corrected chi connectivity index (χ4v) is 5.14. The molecule has 0 amide bonds. The third-order valence-corrected chi connectivity index (χ3v) is 6.43. The summed E-state index contributed by atoms with van der Waals surface area (Å²) in [4.78, 5) is 2.91. The zero-order valence-corrected chi connectivity index (χ0v) is 14.3. The first-order valence-corrected chi connectivity index (χ1v) is 9.42. The zero-order valence-electron chi connectivity index (χ0n) is 11.1. The average Bonchev–Trinajstić information content (AvgIpc) is 2.90. The fraction of sp³-hybridized carbons (Fsp3) is 0.333. The summed E-state index contributed by atoms with van der Waals surface area (Å²) in [6.07, 6.45) is 2.14. The number of thioether (sulfide) groups is 1. The molecule has 0 saturated carbocycles. The van der Waals surface area contributed by atoms with Crippen molar-refractivity contribution in [1.29, 1.82) is 0 Å². The van der Waals surface area contributed by atoms with Crippen LogP contribution in [0.3, 0.4) is 0 Å². The molecule has 0 fully saturated rings. The summed E-state index contributed by atoms with van der Waals surface area (Å²) >= 11 is 7.42. The molecule has 1 aliphatic heterocycles. The molecule has 1 aliphatic rings. The van der Waals surface area contributed by atoms with Crippen LogP contribution >= 0.6 is 39.0 Å². The predicted molar refractivity (Wildman–Crippen MR) is 92.1 cm³/mol. The summed E-state index contributed by atoms with van der Waals surface area (Å²) in [5, 5.41) is 0. The van der Waals surface area contributed by atoms with Crippen LogP contribution in [0, 0.1) is 0 Å². The number of hydrogen-bond donors (Lipinski definition) is 2. The number of rotatable bonds is 4. The Hall–Kier alpha value is -0.330. The van der Waals surface area contributed by atoms with Gasteiger partial charge in [0.15, 0.2) is 0 Å². The van der Waals surface area contributed by atoms with Crippen molar-refractivity contribution < 1.29 is 0 Å². The fourth-order valence-electron chi connectivity index (χ4n) is 2.44. The molecule has 106 valence electrons. The molecule has 20 heavy (non-hydrogen) atoms. The average molecular weight is 369 g/mol. The molecule has 2 heterocycles. The Balaban J connectivity index is 1.79. The van der Waals surface area contributed by atoms with E-state index in [0.29, 0.717) is 0 Å². The second-order valence-corrected chi connectivity index (χ2v) is 8.14. The number of hydrazine groups is 1. The molecule has 0 aliphatic carbocycles. The lowest BCUT2D eigenvalue weighted by molar-refractivity contribution is 0.560. The van der Waals surface area contributed by atoms with Crippen LogP contribution in [0.15, 0.2) is 34.8 Å². The predicted octanol–water partition coefficient (Wildman–Crippen LogP) is 4.05. The maximum Gasteiger partial charge on any atom is 0.0593 e. The highest BCUT2D eigenvalue weighted by molar-refractivity contribution is 9.10. The van der Waals surface area contributed by atoms with Gasteiger partial charge in [0.25, 0.3) is 0 Å². The minimum Gasteiger partial charge on any atom is -0.271 e. The largest absolute Gasteiger partial charge is 0.271 e. The van der Waals surface area contributed by atoms with Gasteiger partial charge in [0.2, 0.25) is 0 Å². The third kappa shape index (κ3) is 3.28. The first kappa shape index (κ1) is 14.6. The number of halogens is 1. The second kappa shape index (κ2) is 6.62. The van der Waals surface area contributed by atoms with Gasteiger partial charge in [-0.05, 0) is 47.9 Å². The third-order valence-electron chi connectivity index (χ3n) is 3.54. The summed E-state index contributed by atoms with van der Waals surface area (Å²) in [7, 11) is 0. The molecule has 3 rings (SSSR count). The van der Waals surface area contributed by atoms with Crippen LogP contribution < -0.4 is 11.3 Å².